The van der Waals surface area contributed by atoms with E-state index in [1.807, 2.05) is 24.3 Å². The number of carbonyl (C=O) groups excluding carboxylic acids is 1. The molecule has 1 aromatic rings. The quantitative estimate of drug-likeness (QED) is 0.596. The molecule has 1 rings (SSSR count). The van der Waals surface area contributed by atoms with Crippen molar-refractivity contribution in [2.45, 2.75) is 19.8 Å². The Kier molecular flexibility index (Phi) is 6.75. The van der Waals surface area contributed by atoms with Crippen LogP contribution < -0.4 is 11.1 Å². The van der Waals surface area contributed by atoms with Crippen LogP contribution in [0.4, 0.5) is 5.69 Å². The molecule has 0 unspecified atom stereocenters. The molecule has 0 radical (unpaired) electrons. The van der Waals surface area contributed by atoms with Gasteiger partial charge < -0.3 is 11.1 Å². The molecule has 1 aromatic carbocycles. The number of anilines is 1. The first-order valence-corrected chi connectivity index (χ1v) is 7.43. The van der Waals surface area contributed by atoms with Gasteiger partial charge in [-0.1, -0.05) is 37.3 Å². The summed E-state index contributed by atoms with van der Waals surface area (Å²) in [6.07, 6.45) is 1.59. The summed E-state index contributed by atoms with van der Waals surface area (Å²) in [5, 5.41) is 2.93. The van der Waals surface area contributed by atoms with Gasteiger partial charge in [-0.2, -0.15) is 11.8 Å². The molecule has 0 spiro atoms. The molecule has 0 aliphatic heterocycles. The lowest BCUT2D eigenvalue weighted by Crippen LogP contribution is -2.16. The standard InChI is InChI=1S/C13H18N2OS2/c1-2-10-5-3-4-6-11(10)15-13(16)9-18-8-7-12(14)17/h3-6H,2,7-9H2,1H3,(H2,14,17)(H,15,16). The van der Waals surface area contributed by atoms with Crippen molar-refractivity contribution in [3.05, 3.63) is 29.8 Å². The number of amides is 1. The van der Waals surface area contributed by atoms with Crippen molar-refractivity contribution < 1.29 is 4.79 Å². The molecule has 0 saturated carbocycles. The lowest BCUT2D eigenvalue weighted by Gasteiger charge is -2.09. The zero-order valence-corrected chi connectivity index (χ0v) is 12.1. The van der Waals surface area contributed by atoms with Gasteiger partial charge in [0.25, 0.3) is 0 Å². The summed E-state index contributed by atoms with van der Waals surface area (Å²) in [7, 11) is 0. The number of para-hydroxylation sites is 1. The van der Waals surface area contributed by atoms with Crippen LogP contribution in [0.1, 0.15) is 18.9 Å². The van der Waals surface area contributed by atoms with E-state index in [0.29, 0.717) is 17.2 Å². The van der Waals surface area contributed by atoms with Crippen LogP contribution >= 0.6 is 24.0 Å². The third-order valence-electron chi connectivity index (χ3n) is 2.40. The fraction of sp³-hybridized carbons (Fsp3) is 0.385. The molecule has 0 heterocycles. The first kappa shape index (κ1) is 15.0. The normalized spacial score (nSPS) is 10.1. The number of hydrogen-bond acceptors (Lipinski definition) is 3. The molecule has 0 bridgehead atoms. The Labute approximate surface area is 118 Å². The van der Waals surface area contributed by atoms with Crippen LogP contribution in [-0.4, -0.2) is 22.4 Å². The van der Waals surface area contributed by atoms with E-state index < -0.39 is 0 Å². The molecule has 3 N–H and O–H groups in total. The largest absolute Gasteiger partial charge is 0.393 e. The van der Waals surface area contributed by atoms with E-state index in [2.05, 4.69) is 12.2 Å². The van der Waals surface area contributed by atoms with Crippen molar-refractivity contribution >= 4 is 40.6 Å². The fourth-order valence-corrected chi connectivity index (χ4v) is 2.47. The maximum absolute atomic E-state index is 11.7. The van der Waals surface area contributed by atoms with E-state index in [-0.39, 0.29) is 5.91 Å². The second-order valence-corrected chi connectivity index (χ2v) is 5.46. The van der Waals surface area contributed by atoms with E-state index in [1.54, 1.807) is 11.8 Å². The number of aryl methyl sites for hydroxylation is 1. The van der Waals surface area contributed by atoms with Gasteiger partial charge in [-0.05, 0) is 18.1 Å². The molecule has 0 fully saturated rings. The maximum Gasteiger partial charge on any atom is 0.234 e. The topological polar surface area (TPSA) is 55.1 Å². The molecular formula is C13H18N2OS2. The van der Waals surface area contributed by atoms with Crippen molar-refractivity contribution in [1.29, 1.82) is 0 Å². The molecule has 0 aliphatic rings. The zero-order valence-electron chi connectivity index (χ0n) is 10.4. The second-order valence-electron chi connectivity index (χ2n) is 3.83. The third-order valence-corrected chi connectivity index (χ3v) is 3.56. The number of benzene rings is 1. The van der Waals surface area contributed by atoms with Gasteiger partial charge in [0.05, 0.1) is 10.7 Å². The highest BCUT2D eigenvalue weighted by Crippen LogP contribution is 2.15. The van der Waals surface area contributed by atoms with Gasteiger partial charge in [0, 0.05) is 17.9 Å². The highest BCUT2D eigenvalue weighted by molar-refractivity contribution is 8.00. The number of thioether (sulfide) groups is 1. The van der Waals surface area contributed by atoms with Gasteiger partial charge in [-0.15, -0.1) is 0 Å². The molecule has 1 amide bonds. The summed E-state index contributed by atoms with van der Waals surface area (Å²) in [4.78, 5) is 12.2. The molecule has 3 nitrogen and oxygen atoms in total. The summed E-state index contributed by atoms with van der Waals surface area (Å²) < 4.78 is 0. The molecule has 0 aliphatic carbocycles. The molecule has 0 atom stereocenters. The Hall–Kier alpha value is -1.07. The fourth-order valence-electron chi connectivity index (χ4n) is 1.47. The van der Waals surface area contributed by atoms with Gasteiger partial charge in [-0.25, -0.2) is 0 Å². The number of nitrogens with one attached hydrogen (secondary N) is 1. The Morgan fingerprint density at radius 1 is 1.44 bits per heavy atom. The lowest BCUT2D eigenvalue weighted by atomic mass is 10.1. The molecule has 0 aromatic heterocycles. The van der Waals surface area contributed by atoms with Crippen LogP contribution in [0.3, 0.4) is 0 Å². The van der Waals surface area contributed by atoms with Crippen LogP contribution in [0, 0.1) is 0 Å². The van der Waals surface area contributed by atoms with Crippen LogP contribution in [-0.2, 0) is 11.2 Å². The molecule has 5 heteroatoms. The van der Waals surface area contributed by atoms with E-state index >= 15 is 0 Å². The average molecular weight is 282 g/mol. The number of carbonyl (C=O) groups is 1. The van der Waals surface area contributed by atoms with E-state index in [4.69, 9.17) is 18.0 Å². The van der Waals surface area contributed by atoms with Crippen molar-refractivity contribution in [1.82, 2.24) is 0 Å². The second kappa shape index (κ2) is 8.11. The Balaban J connectivity index is 2.37. The number of thiocarbonyl (C=S) groups is 1. The third kappa shape index (κ3) is 5.51. The Bertz CT molecular complexity index is 421. The number of rotatable bonds is 7. The minimum Gasteiger partial charge on any atom is -0.393 e. The Morgan fingerprint density at radius 3 is 2.83 bits per heavy atom. The van der Waals surface area contributed by atoms with Gasteiger partial charge in [0.2, 0.25) is 5.91 Å². The minimum atomic E-state index is 0.0174. The minimum absolute atomic E-state index is 0.0174. The predicted molar refractivity (Wildman–Crippen MR) is 83.2 cm³/mol. The van der Waals surface area contributed by atoms with Gasteiger partial charge >= 0.3 is 0 Å². The van der Waals surface area contributed by atoms with Gasteiger partial charge in [-0.3, -0.25) is 4.79 Å². The highest BCUT2D eigenvalue weighted by Gasteiger charge is 2.05. The van der Waals surface area contributed by atoms with Crippen molar-refractivity contribution in [2.75, 3.05) is 16.8 Å². The Morgan fingerprint density at radius 2 is 2.17 bits per heavy atom. The SMILES string of the molecule is CCc1ccccc1NC(=O)CSCCC(N)=S. The molecular weight excluding hydrogens is 264 g/mol. The smallest absolute Gasteiger partial charge is 0.234 e. The summed E-state index contributed by atoms with van der Waals surface area (Å²) in [5.41, 5.74) is 7.44. The summed E-state index contributed by atoms with van der Waals surface area (Å²) >= 11 is 6.32. The predicted octanol–water partition coefficient (Wildman–Crippen LogP) is 2.60. The number of nitrogens with two attached hydrogens (primary N) is 1. The van der Waals surface area contributed by atoms with E-state index in [1.165, 1.54) is 0 Å². The first-order valence-electron chi connectivity index (χ1n) is 5.87. The van der Waals surface area contributed by atoms with Crippen LogP contribution in [0.15, 0.2) is 24.3 Å². The van der Waals surface area contributed by atoms with Crippen molar-refractivity contribution in [3.8, 4) is 0 Å². The first-order chi connectivity index (χ1) is 8.63. The van der Waals surface area contributed by atoms with Gasteiger partial charge in [0.1, 0.15) is 0 Å². The van der Waals surface area contributed by atoms with Crippen molar-refractivity contribution in [2.24, 2.45) is 5.73 Å². The summed E-state index contributed by atoms with van der Waals surface area (Å²) in [6.45, 7) is 2.07. The van der Waals surface area contributed by atoms with Crippen LogP contribution in [0.5, 0.6) is 0 Å². The average Bonchev–Trinajstić information content (AvgIpc) is 2.35. The van der Waals surface area contributed by atoms with E-state index in [9.17, 15) is 4.79 Å². The lowest BCUT2D eigenvalue weighted by molar-refractivity contribution is -0.113. The monoisotopic (exact) mass is 282 g/mol. The maximum atomic E-state index is 11.7. The summed E-state index contributed by atoms with van der Waals surface area (Å²) in [5.74, 6) is 1.24. The molecule has 0 saturated heterocycles. The summed E-state index contributed by atoms with van der Waals surface area (Å²) in [6, 6.07) is 7.85. The van der Waals surface area contributed by atoms with Crippen LogP contribution in [0.2, 0.25) is 0 Å². The van der Waals surface area contributed by atoms with Crippen LogP contribution in [0.25, 0.3) is 0 Å². The van der Waals surface area contributed by atoms with E-state index in [0.717, 1.165) is 23.4 Å². The highest BCUT2D eigenvalue weighted by atomic mass is 32.2. The zero-order chi connectivity index (χ0) is 13.4. The van der Waals surface area contributed by atoms with Crippen molar-refractivity contribution in [3.63, 3.8) is 0 Å². The van der Waals surface area contributed by atoms with Gasteiger partial charge in [0.15, 0.2) is 0 Å². The molecule has 18 heavy (non-hydrogen) atoms. The molecule has 98 valence electrons. The number of hydrogen-bond donors (Lipinski definition) is 2.